The summed E-state index contributed by atoms with van der Waals surface area (Å²) >= 11 is 0. The SMILES string of the molecule is Cc1cc(C(=O)N[C@@H](C)Cn2cccn2)c2c(C)nn(Cc3ccccc3)c2n1. The van der Waals surface area contributed by atoms with Crippen LogP contribution >= 0.6 is 0 Å². The molecule has 0 aliphatic rings. The Labute approximate surface area is 169 Å². The number of amides is 1. The highest BCUT2D eigenvalue weighted by atomic mass is 16.1. The Kier molecular flexibility index (Phi) is 5.12. The minimum atomic E-state index is -0.123. The van der Waals surface area contributed by atoms with E-state index in [1.54, 1.807) is 6.20 Å². The van der Waals surface area contributed by atoms with Gasteiger partial charge in [0.25, 0.3) is 5.91 Å². The van der Waals surface area contributed by atoms with Gasteiger partial charge >= 0.3 is 0 Å². The van der Waals surface area contributed by atoms with Gasteiger partial charge in [0.1, 0.15) is 0 Å². The van der Waals surface area contributed by atoms with E-state index < -0.39 is 0 Å². The third-order valence-electron chi connectivity index (χ3n) is 4.82. The highest BCUT2D eigenvalue weighted by Gasteiger charge is 2.20. The summed E-state index contributed by atoms with van der Waals surface area (Å²) in [5.74, 6) is -0.123. The largest absolute Gasteiger partial charge is 0.348 e. The zero-order valence-electron chi connectivity index (χ0n) is 16.8. The van der Waals surface area contributed by atoms with E-state index in [4.69, 9.17) is 0 Å². The molecule has 3 aromatic heterocycles. The molecule has 4 aromatic rings. The van der Waals surface area contributed by atoms with Gasteiger partial charge in [0.15, 0.2) is 5.65 Å². The van der Waals surface area contributed by atoms with E-state index in [0.29, 0.717) is 18.7 Å². The lowest BCUT2D eigenvalue weighted by atomic mass is 10.1. The van der Waals surface area contributed by atoms with Gasteiger partial charge in [-0.15, -0.1) is 0 Å². The zero-order valence-corrected chi connectivity index (χ0v) is 16.8. The number of aryl methyl sites for hydroxylation is 2. The van der Waals surface area contributed by atoms with Crippen LogP contribution in [0.15, 0.2) is 54.9 Å². The second-order valence-electron chi connectivity index (χ2n) is 7.34. The van der Waals surface area contributed by atoms with Crippen molar-refractivity contribution in [3.63, 3.8) is 0 Å². The normalized spacial score (nSPS) is 12.2. The maximum atomic E-state index is 13.1. The predicted octanol–water partition coefficient (Wildman–Crippen LogP) is 3.11. The summed E-state index contributed by atoms with van der Waals surface area (Å²) < 4.78 is 3.68. The smallest absolute Gasteiger partial charge is 0.252 e. The summed E-state index contributed by atoms with van der Waals surface area (Å²) in [7, 11) is 0. The topological polar surface area (TPSA) is 77.6 Å². The highest BCUT2D eigenvalue weighted by Crippen LogP contribution is 2.23. The lowest BCUT2D eigenvalue weighted by molar-refractivity contribution is 0.0937. The third kappa shape index (κ3) is 4.03. The molecule has 0 spiro atoms. The number of carbonyl (C=O) groups is 1. The molecule has 0 saturated carbocycles. The molecule has 0 bridgehead atoms. The predicted molar refractivity (Wildman–Crippen MR) is 112 cm³/mol. The van der Waals surface area contributed by atoms with Crippen molar-refractivity contribution in [1.29, 1.82) is 0 Å². The van der Waals surface area contributed by atoms with Crippen LogP contribution in [0.3, 0.4) is 0 Å². The number of hydrogen-bond donors (Lipinski definition) is 1. The van der Waals surface area contributed by atoms with Gasteiger partial charge in [0, 0.05) is 24.1 Å². The number of carbonyl (C=O) groups excluding carboxylic acids is 1. The van der Waals surface area contributed by atoms with E-state index >= 15 is 0 Å². The molecule has 0 aliphatic heterocycles. The van der Waals surface area contributed by atoms with Crippen LogP contribution in [0.1, 0.15) is 34.2 Å². The zero-order chi connectivity index (χ0) is 20.4. The molecular weight excluding hydrogens is 364 g/mol. The Bertz CT molecular complexity index is 1130. The number of nitrogens with zero attached hydrogens (tertiary/aromatic N) is 5. The van der Waals surface area contributed by atoms with E-state index in [2.05, 4.69) is 32.6 Å². The summed E-state index contributed by atoms with van der Waals surface area (Å²) in [4.78, 5) is 17.7. The maximum Gasteiger partial charge on any atom is 0.252 e. The Balaban J connectivity index is 1.64. The van der Waals surface area contributed by atoms with Gasteiger partial charge in [-0.1, -0.05) is 30.3 Å². The van der Waals surface area contributed by atoms with E-state index in [9.17, 15) is 4.79 Å². The Hall–Kier alpha value is -3.48. The molecule has 1 atom stereocenters. The first-order valence-electron chi connectivity index (χ1n) is 9.68. The van der Waals surface area contributed by atoms with Gasteiger partial charge in [-0.05, 0) is 38.5 Å². The van der Waals surface area contributed by atoms with Crippen molar-refractivity contribution < 1.29 is 4.79 Å². The fourth-order valence-electron chi connectivity index (χ4n) is 3.56. The number of benzene rings is 1. The molecule has 0 unspecified atom stereocenters. The van der Waals surface area contributed by atoms with Crippen LogP contribution in [0.25, 0.3) is 11.0 Å². The second-order valence-corrected chi connectivity index (χ2v) is 7.34. The van der Waals surface area contributed by atoms with Gasteiger partial charge in [-0.3, -0.25) is 9.48 Å². The van der Waals surface area contributed by atoms with Gasteiger partial charge in [0.05, 0.1) is 29.7 Å². The number of rotatable bonds is 6. The van der Waals surface area contributed by atoms with Crippen LogP contribution in [0.2, 0.25) is 0 Å². The van der Waals surface area contributed by atoms with Gasteiger partial charge in [-0.2, -0.15) is 10.2 Å². The van der Waals surface area contributed by atoms with Crippen LogP contribution in [0, 0.1) is 13.8 Å². The Morgan fingerprint density at radius 3 is 2.69 bits per heavy atom. The third-order valence-corrected chi connectivity index (χ3v) is 4.82. The van der Waals surface area contributed by atoms with Crippen molar-refractivity contribution in [2.75, 3.05) is 0 Å². The van der Waals surface area contributed by atoms with Crippen molar-refractivity contribution in [3.8, 4) is 0 Å². The van der Waals surface area contributed by atoms with Crippen molar-refractivity contribution in [3.05, 3.63) is 77.4 Å². The first-order valence-corrected chi connectivity index (χ1v) is 9.68. The molecule has 4 rings (SSSR count). The summed E-state index contributed by atoms with van der Waals surface area (Å²) in [5, 5.41) is 12.7. The van der Waals surface area contributed by atoms with E-state index in [-0.39, 0.29) is 11.9 Å². The van der Waals surface area contributed by atoms with Crippen molar-refractivity contribution >= 4 is 16.9 Å². The number of nitrogens with one attached hydrogen (secondary N) is 1. The monoisotopic (exact) mass is 388 g/mol. The molecular formula is C22H24N6O. The van der Waals surface area contributed by atoms with Crippen LogP contribution in [0.5, 0.6) is 0 Å². The van der Waals surface area contributed by atoms with E-state index in [0.717, 1.165) is 28.0 Å². The lowest BCUT2D eigenvalue weighted by Crippen LogP contribution is -2.36. The fraction of sp³-hybridized carbons (Fsp3) is 0.273. The van der Waals surface area contributed by atoms with E-state index in [1.807, 2.05) is 66.7 Å². The average Bonchev–Trinajstić information content (AvgIpc) is 3.30. The lowest BCUT2D eigenvalue weighted by Gasteiger charge is -2.15. The first-order chi connectivity index (χ1) is 14.0. The summed E-state index contributed by atoms with van der Waals surface area (Å²) in [6.07, 6.45) is 3.62. The number of hydrogen-bond acceptors (Lipinski definition) is 4. The number of pyridine rings is 1. The molecule has 1 aromatic carbocycles. The van der Waals surface area contributed by atoms with Crippen molar-refractivity contribution in [2.45, 2.75) is 39.9 Å². The summed E-state index contributed by atoms with van der Waals surface area (Å²) in [6, 6.07) is 13.8. The Morgan fingerprint density at radius 2 is 1.97 bits per heavy atom. The molecule has 0 aliphatic carbocycles. The average molecular weight is 388 g/mol. The maximum absolute atomic E-state index is 13.1. The van der Waals surface area contributed by atoms with E-state index in [1.165, 1.54) is 0 Å². The van der Waals surface area contributed by atoms with Crippen LogP contribution < -0.4 is 5.32 Å². The molecule has 1 N–H and O–H groups in total. The molecule has 0 saturated heterocycles. The minimum absolute atomic E-state index is 0.0643. The first kappa shape index (κ1) is 18.9. The molecule has 7 nitrogen and oxygen atoms in total. The highest BCUT2D eigenvalue weighted by molar-refractivity contribution is 6.06. The van der Waals surface area contributed by atoms with Crippen LogP contribution in [-0.4, -0.2) is 36.5 Å². The second kappa shape index (κ2) is 7.87. The van der Waals surface area contributed by atoms with Crippen molar-refractivity contribution in [1.82, 2.24) is 29.9 Å². The molecule has 148 valence electrons. The molecule has 7 heteroatoms. The minimum Gasteiger partial charge on any atom is -0.348 e. The van der Waals surface area contributed by atoms with Crippen LogP contribution in [0.4, 0.5) is 0 Å². The number of aromatic nitrogens is 5. The Morgan fingerprint density at radius 1 is 1.17 bits per heavy atom. The summed E-state index contributed by atoms with van der Waals surface area (Å²) in [5.41, 5.74) is 4.07. The quantitative estimate of drug-likeness (QED) is 0.551. The van der Waals surface area contributed by atoms with Gasteiger partial charge < -0.3 is 5.32 Å². The molecule has 29 heavy (non-hydrogen) atoms. The molecule has 0 radical (unpaired) electrons. The molecule has 3 heterocycles. The van der Waals surface area contributed by atoms with Crippen molar-refractivity contribution in [2.24, 2.45) is 0 Å². The van der Waals surface area contributed by atoms with Crippen LogP contribution in [-0.2, 0) is 13.1 Å². The standard InChI is InChI=1S/C22H24N6O/c1-15-12-19(22(29)25-16(2)13-27-11-7-10-23-27)20-17(3)26-28(21(20)24-15)14-18-8-5-4-6-9-18/h4-12,16H,13-14H2,1-3H3,(H,25,29)/t16-/m0/s1. The molecule has 1 amide bonds. The number of fused-ring (bicyclic) bond motifs is 1. The van der Waals surface area contributed by atoms with Gasteiger partial charge in [0.2, 0.25) is 0 Å². The molecule has 0 fully saturated rings. The summed E-state index contributed by atoms with van der Waals surface area (Å²) in [6.45, 7) is 7.01. The van der Waals surface area contributed by atoms with Gasteiger partial charge in [-0.25, -0.2) is 9.67 Å². The fourth-order valence-corrected chi connectivity index (χ4v) is 3.56.